The van der Waals surface area contributed by atoms with Gasteiger partial charge in [0.05, 0.1) is 25.9 Å². The van der Waals surface area contributed by atoms with E-state index < -0.39 is 28.8 Å². The van der Waals surface area contributed by atoms with Gasteiger partial charge in [0, 0.05) is 11.9 Å². The molecular weight excluding hydrogens is 487 g/mol. The summed E-state index contributed by atoms with van der Waals surface area (Å²) >= 11 is 0. The molecule has 0 amide bonds. The van der Waals surface area contributed by atoms with Gasteiger partial charge in [0.15, 0.2) is 17.5 Å². The Morgan fingerprint density at radius 2 is 1.78 bits per heavy atom. The van der Waals surface area contributed by atoms with Gasteiger partial charge in [0.1, 0.15) is 5.75 Å². The van der Waals surface area contributed by atoms with Crippen molar-refractivity contribution < 1.29 is 17.9 Å². The van der Waals surface area contributed by atoms with Crippen LogP contribution in [-0.2, 0) is 13.1 Å². The Morgan fingerprint density at radius 3 is 2.35 bits per heavy atom. The molecule has 1 heterocycles. The van der Waals surface area contributed by atoms with Gasteiger partial charge < -0.3 is 10.1 Å². The number of benzene rings is 2. The number of ether oxygens (including phenoxy) is 1. The molecule has 0 aliphatic heterocycles. The van der Waals surface area contributed by atoms with Crippen molar-refractivity contribution in [3.63, 3.8) is 0 Å². The smallest absolute Gasteiger partial charge is 0.355 e. The molecule has 0 aliphatic carbocycles. The van der Waals surface area contributed by atoms with Crippen molar-refractivity contribution in [1.29, 1.82) is 0 Å². The quantitative estimate of drug-likeness (QED) is 0.314. The van der Waals surface area contributed by atoms with Crippen molar-refractivity contribution in [2.75, 3.05) is 12.4 Å². The molecular formula is C26H28F3N5O3. The molecule has 11 heteroatoms. The van der Waals surface area contributed by atoms with Gasteiger partial charge in [-0.1, -0.05) is 26.3 Å². The molecule has 3 rings (SSSR count). The van der Waals surface area contributed by atoms with E-state index in [1.807, 2.05) is 19.9 Å². The lowest BCUT2D eigenvalue weighted by atomic mass is 10.1. The highest BCUT2D eigenvalue weighted by Gasteiger charge is 2.18. The van der Waals surface area contributed by atoms with Gasteiger partial charge in [0.2, 0.25) is 5.95 Å². The van der Waals surface area contributed by atoms with Gasteiger partial charge in [-0.2, -0.15) is 4.98 Å². The lowest BCUT2D eigenvalue weighted by Crippen LogP contribution is -2.43. The second-order valence-electron chi connectivity index (χ2n) is 8.33. The highest BCUT2D eigenvalue weighted by Crippen LogP contribution is 2.20. The summed E-state index contributed by atoms with van der Waals surface area (Å²) in [5, 5.41) is 2.89. The van der Waals surface area contributed by atoms with Crippen LogP contribution in [0.25, 0.3) is 0 Å². The van der Waals surface area contributed by atoms with Crippen molar-refractivity contribution in [2.24, 2.45) is 10.9 Å². The first-order valence-electron chi connectivity index (χ1n) is 11.6. The molecule has 37 heavy (non-hydrogen) atoms. The fourth-order valence-electron chi connectivity index (χ4n) is 3.50. The zero-order chi connectivity index (χ0) is 27.1. The standard InChI is InChI=1S/C26H28F3N5O3/c1-5-16(3)11-19(30-6-2)15-34-25(35)32-24(31-18-7-9-20(37-4)10-8-18)33(26(34)36)14-17-12-21(27)23(29)22(28)13-17/h6-13,16H,5,14-15H2,1-4H3,(H,31,32,35)/b19-11-,30-6?. The first kappa shape index (κ1) is 27.4. The van der Waals surface area contributed by atoms with E-state index in [0.717, 1.165) is 27.7 Å². The van der Waals surface area contributed by atoms with E-state index in [2.05, 4.69) is 15.3 Å². The zero-order valence-corrected chi connectivity index (χ0v) is 21.0. The van der Waals surface area contributed by atoms with Crippen LogP contribution in [0.1, 0.15) is 32.8 Å². The minimum Gasteiger partial charge on any atom is -0.497 e. The SMILES string of the molecule is CC=N/C(=C\C(C)CC)Cn1c(=O)nc(Nc2ccc(OC)cc2)n(Cc2cc(F)c(F)c(F)c2)c1=O. The molecule has 0 fully saturated rings. The van der Waals surface area contributed by atoms with Gasteiger partial charge in [-0.3, -0.25) is 9.56 Å². The summed E-state index contributed by atoms with van der Waals surface area (Å²) in [6.45, 7) is 5.14. The first-order chi connectivity index (χ1) is 17.7. The highest BCUT2D eigenvalue weighted by molar-refractivity contribution is 5.55. The second-order valence-corrected chi connectivity index (χ2v) is 8.33. The third-order valence-corrected chi connectivity index (χ3v) is 5.62. The van der Waals surface area contributed by atoms with Crippen LogP contribution < -0.4 is 21.4 Å². The third-order valence-electron chi connectivity index (χ3n) is 5.62. The average molecular weight is 516 g/mol. The van der Waals surface area contributed by atoms with Crippen LogP contribution in [0.2, 0.25) is 0 Å². The Kier molecular flexibility index (Phi) is 9.05. The molecule has 196 valence electrons. The minimum atomic E-state index is -1.62. The van der Waals surface area contributed by atoms with Crippen LogP contribution >= 0.6 is 0 Å². The summed E-state index contributed by atoms with van der Waals surface area (Å²) in [5.74, 6) is -3.84. The van der Waals surface area contributed by atoms with E-state index in [4.69, 9.17) is 4.74 Å². The summed E-state index contributed by atoms with van der Waals surface area (Å²) in [6, 6.07) is 8.17. The molecule has 0 spiro atoms. The number of aromatic nitrogens is 3. The molecule has 0 saturated carbocycles. The van der Waals surface area contributed by atoms with E-state index in [1.54, 1.807) is 37.4 Å². The normalized spacial score (nSPS) is 12.7. The Balaban J connectivity index is 2.14. The predicted molar refractivity (Wildman–Crippen MR) is 136 cm³/mol. The highest BCUT2D eigenvalue weighted by atomic mass is 19.2. The van der Waals surface area contributed by atoms with Crippen LogP contribution in [0.4, 0.5) is 24.8 Å². The van der Waals surface area contributed by atoms with Crippen molar-refractivity contribution in [2.45, 2.75) is 40.3 Å². The molecule has 3 aromatic rings. The molecule has 1 N–H and O–H groups in total. The van der Waals surface area contributed by atoms with Gasteiger partial charge in [0.25, 0.3) is 0 Å². The number of methoxy groups -OCH3 is 1. The maximum atomic E-state index is 13.9. The summed E-state index contributed by atoms with van der Waals surface area (Å²) in [6.07, 6.45) is 4.23. The summed E-state index contributed by atoms with van der Waals surface area (Å²) < 4.78 is 48.4. The Labute approximate surface area is 211 Å². The molecule has 1 aromatic heterocycles. The molecule has 1 unspecified atom stereocenters. The van der Waals surface area contributed by atoms with Crippen molar-refractivity contribution in [1.82, 2.24) is 14.1 Å². The van der Waals surface area contributed by atoms with Gasteiger partial charge in [-0.05, 0) is 54.8 Å². The van der Waals surface area contributed by atoms with Crippen molar-refractivity contribution in [3.05, 3.63) is 92.2 Å². The number of anilines is 2. The Hall–Kier alpha value is -4.15. The predicted octanol–water partition coefficient (Wildman–Crippen LogP) is 4.64. The number of aliphatic imine (C=N–C) groups is 1. The topological polar surface area (TPSA) is 90.5 Å². The molecule has 0 saturated heterocycles. The van der Waals surface area contributed by atoms with Crippen LogP contribution in [0, 0.1) is 23.4 Å². The van der Waals surface area contributed by atoms with Crippen LogP contribution in [-0.4, -0.2) is 27.4 Å². The maximum Gasteiger partial charge on any atom is 0.355 e. The Morgan fingerprint density at radius 1 is 1.14 bits per heavy atom. The van der Waals surface area contributed by atoms with Gasteiger partial charge >= 0.3 is 11.4 Å². The second kappa shape index (κ2) is 12.2. The van der Waals surface area contributed by atoms with E-state index in [1.165, 1.54) is 7.11 Å². The van der Waals surface area contributed by atoms with E-state index in [9.17, 15) is 22.8 Å². The number of hydrogen-bond donors (Lipinski definition) is 1. The van der Waals surface area contributed by atoms with Crippen molar-refractivity contribution in [3.8, 4) is 5.75 Å². The van der Waals surface area contributed by atoms with E-state index in [-0.39, 0.29) is 30.5 Å². The summed E-state index contributed by atoms with van der Waals surface area (Å²) in [4.78, 5) is 34.8. The molecule has 0 bridgehead atoms. The minimum absolute atomic E-state index is 0.0368. The molecule has 1 atom stereocenters. The number of hydrogen-bond acceptors (Lipinski definition) is 6. The van der Waals surface area contributed by atoms with E-state index >= 15 is 0 Å². The average Bonchev–Trinajstić information content (AvgIpc) is 2.87. The van der Waals surface area contributed by atoms with E-state index in [0.29, 0.717) is 17.1 Å². The molecule has 0 aliphatic rings. The van der Waals surface area contributed by atoms with Crippen molar-refractivity contribution >= 4 is 17.9 Å². The van der Waals surface area contributed by atoms with Crippen LogP contribution in [0.3, 0.4) is 0 Å². The monoisotopic (exact) mass is 515 g/mol. The number of nitrogens with one attached hydrogen (secondary N) is 1. The maximum absolute atomic E-state index is 13.9. The lowest BCUT2D eigenvalue weighted by molar-refractivity contribution is 0.415. The molecule has 2 aromatic carbocycles. The number of rotatable bonds is 10. The first-order valence-corrected chi connectivity index (χ1v) is 11.6. The Bertz CT molecular complexity index is 1410. The fraction of sp³-hybridized carbons (Fsp3) is 0.308. The van der Waals surface area contributed by atoms with Gasteiger partial charge in [-0.15, -0.1) is 0 Å². The fourth-order valence-corrected chi connectivity index (χ4v) is 3.50. The lowest BCUT2D eigenvalue weighted by Gasteiger charge is -2.16. The van der Waals surface area contributed by atoms with Crippen LogP contribution in [0.15, 0.2) is 62.8 Å². The zero-order valence-electron chi connectivity index (χ0n) is 21.0. The van der Waals surface area contributed by atoms with Gasteiger partial charge in [-0.25, -0.2) is 27.3 Å². The summed E-state index contributed by atoms with van der Waals surface area (Å²) in [7, 11) is 1.51. The largest absolute Gasteiger partial charge is 0.497 e. The van der Waals surface area contributed by atoms with Crippen LogP contribution in [0.5, 0.6) is 5.75 Å². The number of nitrogens with zero attached hydrogens (tertiary/aromatic N) is 4. The number of halogens is 3. The summed E-state index contributed by atoms with van der Waals surface area (Å²) in [5.41, 5.74) is -0.704. The number of allylic oxidation sites excluding steroid dienone is 2. The third kappa shape index (κ3) is 6.75. The molecule has 8 nitrogen and oxygen atoms in total. The molecule has 0 radical (unpaired) electrons.